The maximum Gasteiger partial charge on any atom is 0.295 e. The number of hydrogen-bond acceptors (Lipinski definition) is 5. The van der Waals surface area contributed by atoms with Gasteiger partial charge >= 0.3 is 0 Å². The number of pyridine rings is 1. The van der Waals surface area contributed by atoms with Crippen LogP contribution in [0.1, 0.15) is 27.6 Å². The molecule has 7 heteroatoms. The molecule has 1 N–H and O–H groups in total. The van der Waals surface area contributed by atoms with Crippen LogP contribution in [0.25, 0.3) is 5.76 Å². The predicted molar refractivity (Wildman–Crippen MR) is 108 cm³/mol. The summed E-state index contributed by atoms with van der Waals surface area (Å²) in [6.45, 7) is 2.10. The molecule has 0 radical (unpaired) electrons. The van der Waals surface area contributed by atoms with E-state index >= 15 is 0 Å². The SMILES string of the molecule is Cc1ccsc1C1/C(=C(/O)c2ccc(F)cc2)C(=O)C(=O)N1Cc1ccncc1. The minimum absolute atomic E-state index is 0.0150. The standard InChI is InChI=1S/C22H17FN2O3S/c1-13-8-11-29-21(13)18-17(19(26)15-2-4-16(23)5-3-15)20(27)22(28)25(18)12-14-6-9-24-10-7-14/h2-11,18,26H,12H2,1H3/b19-17-. The summed E-state index contributed by atoms with van der Waals surface area (Å²) in [6.07, 6.45) is 3.24. The molecule has 1 saturated heterocycles. The Bertz CT molecular complexity index is 1110. The molecule has 0 spiro atoms. The highest BCUT2D eigenvalue weighted by atomic mass is 32.1. The van der Waals surface area contributed by atoms with Gasteiger partial charge in [-0.3, -0.25) is 14.6 Å². The van der Waals surface area contributed by atoms with Gasteiger partial charge in [0.05, 0.1) is 5.57 Å². The molecule has 1 fully saturated rings. The number of aliphatic hydroxyl groups excluding tert-OH is 1. The van der Waals surface area contributed by atoms with Crippen molar-refractivity contribution in [2.45, 2.75) is 19.5 Å². The van der Waals surface area contributed by atoms with Crippen LogP contribution in [-0.2, 0) is 16.1 Å². The van der Waals surface area contributed by atoms with E-state index in [9.17, 15) is 19.1 Å². The van der Waals surface area contributed by atoms with E-state index in [-0.39, 0.29) is 23.4 Å². The van der Waals surface area contributed by atoms with Gasteiger partial charge < -0.3 is 10.0 Å². The summed E-state index contributed by atoms with van der Waals surface area (Å²) < 4.78 is 13.3. The summed E-state index contributed by atoms with van der Waals surface area (Å²) >= 11 is 1.42. The zero-order chi connectivity index (χ0) is 20.5. The van der Waals surface area contributed by atoms with E-state index in [4.69, 9.17) is 0 Å². The Morgan fingerprint density at radius 1 is 1.14 bits per heavy atom. The zero-order valence-electron chi connectivity index (χ0n) is 15.5. The summed E-state index contributed by atoms with van der Waals surface area (Å²) in [5.41, 5.74) is 2.04. The van der Waals surface area contributed by atoms with E-state index < -0.39 is 23.5 Å². The fraction of sp³-hybridized carbons (Fsp3) is 0.136. The minimum Gasteiger partial charge on any atom is -0.507 e. The van der Waals surface area contributed by atoms with Crippen LogP contribution in [0.15, 0.2) is 65.8 Å². The molecule has 29 heavy (non-hydrogen) atoms. The van der Waals surface area contributed by atoms with Gasteiger partial charge in [-0.2, -0.15) is 0 Å². The number of benzene rings is 1. The molecule has 2 aromatic heterocycles. The molecule has 1 aromatic carbocycles. The number of aliphatic hydroxyl groups is 1. The Morgan fingerprint density at radius 3 is 2.45 bits per heavy atom. The first-order chi connectivity index (χ1) is 14.0. The lowest BCUT2D eigenvalue weighted by atomic mass is 9.98. The van der Waals surface area contributed by atoms with Crippen LogP contribution < -0.4 is 0 Å². The molecular weight excluding hydrogens is 391 g/mol. The lowest BCUT2D eigenvalue weighted by Crippen LogP contribution is -2.29. The Morgan fingerprint density at radius 2 is 1.83 bits per heavy atom. The third kappa shape index (κ3) is 3.45. The number of Topliss-reactive ketones (excluding diaryl/α,β-unsaturated/α-hetero) is 1. The van der Waals surface area contributed by atoms with Gasteiger partial charge in [-0.1, -0.05) is 0 Å². The smallest absolute Gasteiger partial charge is 0.295 e. The second-order valence-corrected chi connectivity index (χ2v) is 7.70. The molecule has 0 aliphatic carbocycles. The number of aromatic nitrogens is 1. The third-order valence-corrected chi connectivity index (χ3v) is 5.98. The lowest BCUT2D eigenvalue weighted by molar-refractivity contribution is -0.140. The van der Waals surface area contributed by atoms with Crippen LogP contribution in [0.2, 0.25) is 0 Å². The molecule has 4 rings (SSSR count). The first-order valence-corrected chi connectivity index (χ1v) is 9.82. The van der Waals surface area contributed by atoms with Crippen molar-refractivity contribution in [1.82, 2.24) is 9.88 Å². The van der Waals surface area contributed by atoms with Crippen molar-refractivity contribution >= 4 is 28.8 Å². The molecule has 146 valence electrons. The average molecular weight is 408 g/mol. The van der Waals surface area contributed by atoms with E-state index in [1.54, 1.807) is 24.5 Å². The van der Waals surface area contributed by atoms with Gasteiger partial charge in [-0.25, -0.2) is 4.39 Å². The highest BCUT2D eigenvalue weighted by Crippen LogP contribution is 2.43. The van der Waals surface area contributed by atoms with E-state index in [2.05, 4.69) is 4.98 Å². The van der Waals surface area contributed by atoms with Crippen LogP contribution in [0.4, 0.5) is 4.39 Å². The van der Waals surface area contributed by atoms with Gasteiger partial charge in [0.1, 0.15) is 17.6 Å². The van der Waals surface area contributed by atoms with Gasteiger partial charge in [0.2, 0.25) is 0 Å². The number of halogens is 1. The maximum atomic E-state index is 13.3. The van der Waals surface area contributed by atoms with Crippen molar-refractivity contribution in [3.8, 4) is 0 Å². The van der Waals surface area contributed by atoms with Crippen molar-refractivity contribution in [1.29, 1.82) is 0 Å². The summed E-state index contributed by atoms with van der Waals surface area (Å²) in [6, 6.07) is 9.92. The summed E-state index contributed by atoms with van der Waals surface area (Å²) in [5, 5.41) is 12.8. The van der Waals surface area contributed by atoms with E-state index in [1.165, 1.54) is 40.5 Å². The lowest BCUT2D eigenvalue weighted by Gasteiger charge is -2.25. The molecule has 1 unspecified atom stereocenters. The Labute approximate surface area is 170 Å². The Balaban J connectivity index is 1.86. The number of hydrogen-bond donors (Lipinski definition) is 1. The van der Waals surface area contributed by atoms with Gasteiger partial charge in [-0.05, 0) is 65.9 Å². The third-order valence-electron chi connectivity index (χ3n) is 4.91. The molecule has 1 aliphatic rings. The number of carbonyl (C=O) groups is 2. The van der Waals surface area contributed by atoms with Gasteiger partial charge in [-0.15, -0.1) is 11.3 Å². The summed E-state index contributed by atoms with van der Waals surface area (Å²) in [5.74, 6) is -2.19. The van der Waals surface area contributed by atoms with Crippen molar-refractivity contribution in [3.05, 3.63) is 93.2 Å². The average Bonchev–Trinajstić information content (AvgIpc) is 3.25. The fourth-order valence-electron chi connectivity index (χ4n) is 3.43. The molecule has 3 heterocycles. The monoisotopic (exact) mass is 408 g/mol. The summed E-state index contributed by atoms with van der Waals surface area (Å²) in [4.78, 5) is 32.1. The van der Waals surface area contributed by atoms with Crippen LogP contribution in [-0.4, -0.2) is 26.7 Å². The number of nitrogens with zero attached hydrogens (tertiary/aromatic N) is 2. The predicted octanol–water partition coefficient (Wildman–Crippen LogP) is 4.21. The normalized spacial score (nSPS) is 18.4. The highest BCUT2D eigenvalue weighted by Gasteiger charge is 2.47. The Hall–Kier alpha value is -3.32. The second-order valence-electron chi connectivity index (χ2n) is 6.76. The number of amides is 1. The number of thiophene rings is 1. The molecule has 5 nitrogen and oxygen atoms in total. The van der Waals surface area contributed by atoms with E-state index in [0.29, 0.717) is 0 Å². The van der Waals surface area contributed by atoms with E-state index in [0.717, 1.165) is 16.0 Å². The largest absolute Gasteiger partial charge is 0.507 e. The maximum absolute atomic E-state index is 13.3. The molecule has 1 atom stereocenters. The van der Waals surface area contributed by atoms with Crippen molar-refractivity contribution in [2.75, 3.05) is 0 Å². The minimum atomic E-state index is -0.751. The fourth-order valence-corrected chi connectivity index (χ4v) is 4.48. The number of ketones is 1. The molecule has 1 amide bonds. The van der Waals surface area contributed by atoms with Crippen molar-refractivity contribution in [2.24, 2.45) is 0 Å². The molecule has 3 aromatic rings. The first-order valence-electron chi connectivity index (χ1n) is 8.94. The molecule has 0 saturated carbocycles. The van der Waals surface area contributed by atoms with Crippen molar-refractivity contribution in [3.63, 3.8) is 0 Å². The van der Waals surface area contributed by atoms with Crippen LogP contribution in [0.3, 0.4) is 0 Å². The molecule has 1 aliphatic heterocycles. The first kappa shape index (κ1) is 19.0. The Kier molecular flexibility index (Phi) is 4.98. The van der Waals surface area contributed by atoms with Crippen molar-refractivity contribution < 1.29 is 19.1 Å². The van der Waals surface area contributed by atoms with E-state index in [1.807, 2.05) is 18.4 Å². The second kappa shape index (κ2) is 7.60. The number of likely N-dealkylation sites (tertiary alicyclic amines) is 1. The van der Waals surface area contributed by atoms with Gasteiger partial charge in [0.25, 0.3) is 11.7 Å². The van der Waals surface area contributed by atoms with Crippen LogP contribution in [0, 0.1) is 12.7 Å². The van der Waals surface area contributed by atoms with Gasteiger partial charge in [0.15, 0.2) is 0 Å². The highest BCUT2D eigenvalue weighted by molar-refractivity contribution is 7.10. The summed E-state index contributed by atoms with van der Waals surface area (Å²) in [7, 11) is 0. The molecular formula is C22H17FN2O3S. The number of aryl methyl sites for hydroxylation is 1. The molecule has 0 bridgehead atoms. The van der Waals surface area contributed by atoms with Crippen LogP contribution >= 0.6 is 11.3 Å². The number of carbonyl (C=O) groups excluding carboxylic acids is 2. The van der Waals surface area contributed by atoms with Crippen LogP contribution in [0.5, 0.6) is 0 Å². The topological polar surface area (TPSA) is 70.5 Å². The number of rotatable bonds is 4. The zero-order valence-corrected chi connectivity index (χ0v) is 16.3. The quantitative estimate of drug-likeness (QED) is 0.399. The van der Waals surface area contributed by atoms with Gasteiger partial charge in [0, 0.05) is 29.4 Å².